The summed E-state index contributed by atoms with van der Waals surface area (Å²) in [6.45, 7) is 1.78. The molecular formula is C29H27NO6. The second-order valence-corrected chi connectivity index (χ2v) is 9.01. The van der Waals surface area contributed by atoms with Crippen LogP contribution in [0.3, 0.4) is 0 Å². The van der Waals surface area contributed by atoms with E-state index in [0.717, 1.165) is 17.0 Å². The number of nitrogens with one attached hydrogen (secondary N) is 1. The van der Waals surface area contributed by atoms with Crippen molar-refractivity contribution in [2.75, 3.05) is 7.11 Å². The zero-order valence-electron chi connectivity index (χ0n) is 20.1. The zero-order valence-corrected chi connectivity index (χ0v) is 20.1. The number of carbonyl (C=O) groups excluding carboxylic acids is 2. The van der Waals surface area contributed by atoms with Crippen LogP contribution in [0.4, 0.5) is 0 Å². The van der Waals surface area contributed by atoms with Crippen LogP contribution >= 0.6 is 0 Å². The number of para-hydroxylation sites is 1. The summed E-state index contributed by atoms with van der Waals surface area (Å²) in [6, 6.07) is 17.8. The Hall–Kier alpha value is -4.26. The Morgan fingerprint density at radius 3 is 2.69 bits per heavy atom. The molecule has 0 fully saturated rings. The number of allylic oxidation sites excluding steroid dienone is 3. The monoisotopic (exact) mass is 485 g/mol. The lowest BCUT2D eigenvalue weighted by atomic mass is 9.71. The maximum Gasteiger partial charge on any atom is 0.337 e. The maximum absolute atomic E-state index is 13.7. The molecule has 0 spiro atoms. The van der Waals surface area contributed by atoms with E-state index >= 15 is 0 Å². The van der Waals surface area contributed by atoms with Crippen LogP contribution in [0.1, 0.15) is 48.5 Å². The number of ketones is 1. The van der Waals surface area contributed by atoms with Gasteiger partial charge in [0.1, 0.15) is 23.9 Å². The van der Waals surface area contributed by atoms with Gasteiger partial charge in [-0.15, -0.1) is 0 Å². The molecular weight excluding hydrogens is 458 g/mol. The van der Waals surface area contributed by atoms with Crippen LogP contribution in [0.2, 0.25) is 0 Å². The molecule has 2 aromatic carbocycles. The lowest BCUT2D eigenvalue weighted by Crippen LogP contribution is -2.36. The van der Waals surface area contributed by atoms with Gasteiger partial charge < -0.3 is 24.3 Å². The summed E-state index contributed by atoms with van der Waals surface area (Å²) >= 11 is 0. The fourth-order valence-electron chi connectivity index (χ4n) is 5.18. The first-order valence-electron chi connectivity index (χ1n) is 11.8. The number of methoxy groups -OCH3 is 1. The van der Waals surface area contributed by atoms with Gasteiger partial charge in [-0.1, -0.05) is 30.3 Å². The smallest absolute Gasteiger partial charge is 0.337 e. The number of phenols is 1. The molecule has 184 valence electrons. The number of hydrogen-bond donors (Lipinski definition) is 2. The Morgan fingerprint density at radius 2 is 1.94 bits per heavy atom. The van der Waals surface area contributed by atoms with Gasteiger partial charge in [0.25, 0.3) is 0 Å². The summed E-state index contributed by atoms with van der Waals surface area (Å²) < 4.78 is 16.4. The van der Waals surface area contributed by atoms with E-state index in [1.807, 2.05) is 30.3 Å². The fraction of sp³-hybridized carbons (Fsp3) is 0.241. The first-order chi connectivity index (χ1) is 17.5. The van der Waals surface area contributed by atoms with Crippen molar-refractivity contribution in [3.05, 3.63) is 106 Å². The molecule has 1 aliphatic heterocycles. The van der Waals surface area contributed by atoms with Crippen molar-refractivity contribution in [2.24, 2.45) is 0 Å². The molecule has 2 N–H and O–H groups in total. The Kier molecular flexibility index (Phi) is 6.38. The summed E-state index contributed by atoms with van der Waals surface area (Å²) in [5, 5.41) is 13.5. The number of carbonyl (C=O) groups is 2. The minimum atomic E-state index is -0.663. The van der Waals surface area contributed by atoms with Crippen LogP contribution in [0.5, 0.6) is 11.5 Å². The number of Topliss-reactive ketones (excluding diaryl/α,β-unsaturated/α-hetero) is 1. The highest BCUT2D eigenvalue weighted by Gasteiger charge is 2.42. The second kappa shape index (κ2) is 9.77. The van der Waals surface area contributed by atoms with Crippen molar-refractivity contribution in [3.8, 4) is 11.5 Å². The van der Waals surface area contributed by atoms with Crippen LogP contribution in [0, 0.1) is 0 Å². The molecule has 1 aromatic heterocycles. The highest BCUT2D eigenvalue weighted by molar-refractivity contribution is 6.04. The molecule has 5 rings (SSSR count). The van der Waals surface area contributed by atoms with Crippen molar-refractivity contribution < 1.29 is 28.6 Å². The van der Waals surface area contributed by atoms with Crippen molar-refractivity contribution in [3.63, 3.8) is 0 Å². The molecule has 2 aliphatic rings. The van der Waals surface area contributed by atoms with E-state index in [1.54, 1.807) is 44.4 Å². The van der Waals surface area contributed by atoms with Gasteiger partial charge in [0.15, 0.2) is 5.78 Å². The maximum atomic E-state index is 13.7. The largest absolute Gasteiger partial charge is 0.508 e. The van der Waals surface area contributed by atoms with E-state index in [1.165, 1.54) is 6.26 Å². The van der Waals surface area contributed by atoms with Crippen LogP contribution in [0.15, 0.2) is 93.9 Å². The van der Waals surface area contributed by atoms with E-state index in [9.17, 15) is 14.7 Å². The number of aromatic hydroxyl groups is 1. The number of benzene rings is 2. The average Bonchev–Trinajstić information content (AvgIpc) is 3.40. The number of rotatable bonds is 6. The Labute approximate surface area is 209 Å². The number of esters is 1. The van der Waals surface area contributed by atoms with Gasteiger partial charge in [0.05, 0.1) is 18.9 Å². The summed E-state index contributed by atoms with van der Waals surface area (Å²) in [4.78, 5) is 27.1. The first kappa shape index (κ1) is 23.5. The van der Waals surface area contributed by atoms with E-state index in [2.05, 4.69) is 5.32 Å². The molecule has 0 unspecified atom stereocenters. The van der Waals surface area contributed by atoms with Crippen LogP contribution < -0.4 is 10.1 Å². The quantitative estimate of drug-likeness (QED) is 0.469. The van der Waals surface area contributed by atoms with E-state index in [0.29, 0.717) is 34.6 Å². The van der Waals surface area contributed by atoms with Crippen molar-refractivity contribution in [1.29, 1.82) is 0 Å². The number of dihydropyridines is 1. The third-order valence-electron chi connectivity index (χ3n) is 6.76. The number of hydrogen-bond acceptors (Lipinski definition) is 7. The average molecular weight is 486 g/mol. The Morgan fingerprint density at radius 1 is 1.11 bits per heavy atom. The van der Waals surface area contributed by atoms with Crippen molar-refractivity contribution in [1.82, 2.24) is 5.32 Å². The molecule has 36 heavy (non-hydrogen) atoms. The highest BCUT2D eigenvalue weighted by Crippen LogP contribution is 2.47. The van der Waals surface area contributed by atoms with Crippen LogP contribution in [0.25, 0.3) is 0 Å². The van der Waals surface area contributed by atoms with Gasteiger partial charge >= 0.3 is 5.97 Å². The van der Waals surface area contributed by atoms with Gasteiger partial charge in [-0.2, -0.15) is 0 Å². The molecule has 0 bridgehead atoms. The Bertz CT molecular complexity index is 1370. The molecule has 7 nitrogen and oxygen atoms in total. The lowest BCUT2D eigenvalue weighted by molar-refractivity contribution is -0.141. The molecule has 2 atom stereocenters. The summed E-state index contributed by atoms with van der Waals surface area (Å²) in [7, 11) is 1.62. The summed E-state index contributed by atoms with van der Waals surface area (Å²) in [5.74, 6) is -0.00709. The number of phenolic OH excluding ortho intramolecular Hbond substituents is 1. The van der Waals surface area contributed by atoms with Crippen LogP contribution in [-0.4, -0.2) is 24.0 Å². The summed E-state index contributed by atoms with van der Waals surface area (Å²) in [6.07, 6.45) is 2.38. The molecule has 0 amide bonds. The molecule has 2 heterocycles. The van der Waals surface area contributed by atoms with Crippen molar-refractivity contribution in [2.45, 2.75) is 38.2 Å². The molecule has 3 aromatic rings. The minimum Gasteiger partial charge on any atom is -0.508 e. The van der Waals surface area contributed by atoms with Crippen LogP contribution in [-0.2, 0) is 20.9 Å². The minimum absolute atomic E-state index is 0.0227. The topological polar surface area (TPSA) is 98.0 Å². The third-order valence-corrected chi connectivity index (χ3v) is 6.76. The highest BCUT2D eigenvalue weighted by atomic mass is 16.5. The van der Waals surface area contributed by atoms with Gasteiger partial charge in [-0.3, -0.25) is 4.79 Å². The SMILES string of the molecule is COc1ccccc1[C@H]1CC(=O)C2=C(C1)NC(C)=C(C(=O)OCc1ccco1)[C@H]2c1cccc(O)c1. The molecule has 0 radical (unpaired) electrons. The molecule has 1 aliphatic carbocycles. The van der Waals surface area contributed by atoms with E-state index in [-0.39, 0.29) is 30.5 Å². The Balaban J connectivity index is 1.54. The van der Waals surface area contributed by atoms with Gasteiger partial charge in [-0.05, 0) is 54.8 Å². The predicted molar refractivity (Wildman–Crippen MR) is 132 cm³/mol. The van der Waals surface area contributed by atoms with E-state index in [4.69, 9.17) is 13.9 Å². The van der Waals surface area contributed by atoms with Crippen molar-refractivity contribution >= 4 is 11.8 Å². The fourth-order valence-corrected chi connectivity index (χ4v) is 5.18. The number of furan rings is 1. The van der Waals surface area contributed by atoms with Gasteiger partial charge in [-0.25, -0.2) is 4.79 Å². The standard InChI is InChI=1S/C29H27NO6/c1-17-26(29(33)36-16-21-9-6-12-35-21)27(18-7-5-8-20(31)13-18)28-23(30-17)14-19(15-24(28)32)22-10-3-4-11-25(22)34-2/h3-13,19,27,30-31H,14-16H2,1-2H3/t19-,27-/m1/s1. The van der Waals surface area contributed by atoms with E-state index < -0.39 is 11.9 Å². The first-order valence-corrected chi connectivity index (χ1v) is 11.8. The van der Waals surface area contributed by atoms with Gasteiger partial charge in [0.2, 0.25) is 0 Å². The zero-order chi connectivity index (χ0) is 25.2. The molecule has 0 saturated carbocycles. The second-order valence-electron chi connectivity index (χ2n) is 9.01. The lowest BCUT2D eigenvalue weighted by Gasteiger charge is -2.37. The normalized spacial score (nSPS) is 19.6. The number of ether oxygens (including phenoxy) is 2. The molecule has 0 saturated heterocycles. The molecule has 7 heteroatoms. The third kappa shape index (κ3) is 4.40. The van der Waals surface area contributed by atoms with Gasteiger partial charge in [0, 0.05) is 35.2 Å². The predicted octanol–water partition coefficient (Wildman–Crippen LogP) is 5.10. The summed E-state index contributed by atoms with van der Waals surface area (Å²) in [5.41, 5.74) is 3.88.